The molecule has 0 aliphatic carbocycles. The first-order chi connectivity index (χ1) is 8.70. The van der Waals surface area contributed by atoms with Gasteiger partial charge in [0.2, 0.25) is 5.95 Å². The molecular formula is C13H15ClN4. The first-order valence-electron chi connectivity index (χ1n) is 5.69. The molecule has 0 unspecified atom stereocenters. The molecule has 0 saturated heterocycles. The summed E-state index contributed by atoms with van der Waals surface area (Å²) in [7, 11) is 1.77. The van der Waals surface area contributed by atoms with Crippen LogP contribution in [0.15, 0.2) is 30.5 Å². The topological polar surface area (TPSA) is 49.8 Å². The number of halogens is 1. The molecular weight excluding hydrogens is 248 g/mol. The first-order valence-corrected chi connectivity index (χ1v) is 6.07. The summed E-state index contributed by atoms with van der Waals surface area (Å²) in [5.41, 5.74) is 2.46. The van der Waals surface area contributed by atoms with E-state index in [-0.39, 0.29) is 0 Å². The second-order valence-corrected chi connectivity index (χ2v) is 4.33. The molecule has 4 nitrogen and oxygen atoms in total. The van der Waals surface area contributed by atoms with Crippen molar-refractivity contribution in [3.8, 4) is 0 Å². The van der Waals surface area contributed by atoms with Crippen molar-refractivity contribution in [2.24, 2.45) is 0 Å². The van der Waals surface area contributed by atoms with E-state index in [1.165, 1.54) is 11.1 Å². The van der Waals surface area contributed by atoms with Gasteiger partial charge in [0.1, 0.15) is 5.02 Å². The second kappa shape index (κ2) is 5.69. The van der Waals surface area contributed by atoms with Crippen LogP contribution >= 0.6 is 11.6 Å². The van der Waals surface area contributed by atoms with Crippen molar-refractivity contribution in [2.75, 3.05) is 17.7 Å². The van der Waals surface area contributed by atoms with Crippen molar-refractivity contribution in [3.05, 3.63) is 46.6 Å². The van der Waals surface area contributed by atoms with Crippen molar-refractivity contribution in [2.45, 2.75) is 13.5 Å². The largest absolute Gasteiger partial charge is 0.365 e. The lowest BCUT2D eigenvalue weighted by Crippen LogP contribution is -2.06. The summed E-state index contributed by atoms with van der Waals surface area (Å²) < 4.78 is 0. The van der Waals surface area contributed by atoms with E-state index in [9.17, 15) is 0 Å². The number of rotatable bonds is 4. The molecule has 94 valence electrons. The van der Waals surface area contributed by atoms with Gasteiger partial charge < -0.3 is 10.6 Å². The van der Waals surface area contributed by atoms with E-state index in [0.29, 0.717) is 23.3 Å². The molecule has 0 bridgehead atoms. The standard InChI is InChI=1S/C13H15ClN4/c1-9-5-3-4-6-10(9)7-16-12-11(14)8-17-13(15-2)18-12/h3-6,8H,7H2,1-2H3,(H2,15,16,17,18). The average molecular weight is 263 g/mol. The predicted molar refractivity (Wildman–Crippen MR) is 75.1 cm³/mol. The fourth-order valence-electron chi connectivity index (χ4n) is 1.60. The van der Waals surface area contributed by atoms with Crippen LogP contribution in [0.5, 0.6) is 0 Å². The van der Waals surface area contributed by atoms with Crippen LogP contribution in [0.25, 0.3) is 0 Å². The average Bonchev–Trinajstić information content (AvgIpc) is 2.39. The van der Waals surface area contributed by atoms with Crippen LogP contribution in [0.1, 0.15) is 11.1 Å². The number of anilines is 2. The van der Waals surface area contributed by atoms with E-state index in [4.69, 9.17) is 11.6 Å². The molecule has 0 radical (unpaired) electrons. The van der Waals surface area contributed by atoms with Crippen molar-refractivity contribution in [1.29, 1.82) is 0 Å². The molecule has 0 aliphatic heterocycles. The van der Waals surface area contributed by atoms with Crippen molar-refractivity contribution in [3.63, 3.8) is 0 Å². The summed E-state index contributed by atoms with van der Waals surface area (Å²) in [6, 6.07) is 8.20. The summed E-state index contributed by atoms with van der Waals surface area (Å²) in [4.78, 5) is 8.31. The highest BCUT2D eigenvalue weighted by molar-refractivity contribution is 6.32. The normalized spacial score (nSPS) is 10.2. The van der Waals surface area contributed by atoms with Gasteiger partial charge in [-0.05, 0) is 18.1 Å². The van der Waals surface area contributed by atoms with Crippen LogP contribution in [-0.4, -0.2) is 17.0 Å². The maximum Gasteiger partial charge on any atom is 0.224 e. The molecule has 0 amide bonds. The quantitative estimate of drug-likeness (QED) is 0.889. The molecule has 18 heavy (non-hydrogen) atoms. The molecule has 0 atom stereocenters. The van der Waals surface area contributed by atoms with Gasteiger partial charge in [0.15, 0.2) is 5.82 Å². The van der Waals surface area contributed by atoms with E-state index in [0.717, 1.165) is 0 Å². The fraction of sp³-hybridized carbons (Fsp3) is 0.231. The number of aryl methyl sites for hydroxylation is 1. The molecule has 5 heteroatoms. The van der Waals surface area contributed by atoms with E-state index in [2.05, 4.69) is 39.7 Å². The monoisotopic (exact) mass is 262 g/mol. The Bertz CT molecular complexity index is 542. The van der Waals surface area contributed by atoms with Gasteiger partial charge in [0, 0.05) is 13.6 Å². The van der Waals surface area contributed by atoms with Gasteiger partial charge in [-0.1, -0.05) is 35.9 Å². The van der Waals surface area contributed by atoms with Gasteiger partial charge >= 0.3 is 0 Å². The Balaban J connectivity index is 2.13. The van der Waals surface area contributed by atoms with Gasteiger partial charge in [-0.25, -0.2) is 4.98 Å². The van der Waals surface area contributed by atoms with Crippen LogP contribution in [0.3, 0.4) is 0 Å². The number of benzene rings is 1. The number of nitrogens with one attached hydrogen (secondary N) is 2. The Labute approximate surface area is 111 Å². The summed E-state index contributed by atoms with van der Waals surface area (Å²) in [6.07, 6.45) is 1.58. The number of hydrogen-bond acceptors (Lipinski definition) is 4. The lowest BCUT2D eigenvalue weighted by molar-refractivity contribution is 1.07. The summed E-state index contributed by atoms with van der Waals surface area (Å²) in [5.74, 6) is 1.19. The van der Waals surface area contributed by atoms with Gasteiger partial charge in [-0.3, -0.25) is 0 Å². The molecule has 0 saturated carbocycles. The van der Waals surface area contributed by atoms with Crippen molar-refractivity contribution < 1.29 is 0 Å². The van der Waals surface area contributed by atoms with Crippen LogP contribution < -0.4 is 10.6 Å². The lowest BCUT2D eigenvalue weighted by Gasteiger charge is -2.10. The van der Waals surface area contributed by atoms with Gasteiger partial charge in [-0.15, -0.1) is 0 Å². The van der Waals surface area contributed by atoms with Crippen molar-refractivity contribution in [1.82, 2.24) is 9.97 Å². The highest BCUT2D eigenvalue weighted by Crippen LogP contribution is 2.20. The molecule has 0 spiro atoms. The highest BCUT2D eigenvalue weighted by Gasteiger charge is 2.05. The molecule has 2 rings (SSSR count). The maximum absolute atomic E-state index is 6.04. The van der Waals surface area contributed by atoms with E-state index in [1.807, 2.05) is 12.1 Å². The number of aromatic nitrogens is 2. The lowest BCUT2D eigenvalue weighted by atomic mass is 10.1. The van der Waals surface area contributed by atoms with E-state index in [1.54, 1.807) is 13.2 Å². The molecule has 2 N–H and O–H groups in total. The van der Waals surface area contributed by atoms with Crippen LogP contribution in [0.4, 0.5) is 11.8 Å². The molecule has 0 aliphatic rings. The van der Waals surface area contributed by atoms with E-state index >= 15 is 0 Å². The van der Waals surface area contributed by atoms with Gasteiger partial charge in [-0.2, -0.15) is 4.98 Å². The minimum absolute atomic E-state index is 0.516. The molecule has 1 aromatic heterocycles. The van der Waals surface area contributed by atoms with Gasteiger partial charge in [0.25, 0.3) is 0 Å². The maximum atomic E-state index is 6.04. The van der Waals surface area contributed by atoms with Crippen LogP contribution in [-0.2, 0) is 6.54 Å². The first kappa shape index (κ1) is 12.6. The molecule has 1 heterocycles. The molecule has 1 aromatic carbocycles. The Kier molecular flexibility index (Phi) is 3.99. The summed E-state index contributed by atoms with van der Waals surface area (Å²) in [5, 5.41) is 6.62. The Morgan fingerprint density at radius 3 is 2.78 bits per heavy atom. The second-order valence-electron chi connectivity index (χ2n) is 3.92. The van der Waals surface area contributed by atoms with E-state index < -0.39 is 0 Å². The van der Waals surface area contributed by atoms with Crippen molar-refractivity contribution >= 4 is 23.4 Å². The fourth-order valence-corrected chi connectivity index (χ4v) is 1.76. The smallest absolute Gasteiger partial charge is 0.224 e. The Hall–Kier alpha value is -1.81. The molecule has 0 fully saturated rings. The third-order valence-electron chi connectivity index (χ3n) is 2.68. The Morgan fingerprint density at radius 1 is 1.28 bits per heavy atom. The summed E-state index contributed by atoms with van der Waals surface area (Å²) >= 11 is 6.04. The molecule has 2 aromatic rings. The summed E-state index contributed by atoms with van der Waals surface area (Å²) in [6.45, 7) is 2.77. The minimum atomic E-state index is 0.516. The predicted octanol–water partition coefficient (Wildman–Crippen LogP) is 3.09. The third kappa shape index (κ3) is 2.90. The third-order valence-corrected chi connectivity index (χ3v) is 2.95. The minimum Gasteiger partial charge on any atom is -0.365 e. The zero-order chi connectivity index (χ0) is 13.0. The number of hydrogen-bond donors (Lipinski definition) is 2. The van der Waals surface area contributed by atoms with Crippen LogP contribution in [0.2, 0.25) is 5.02 Å². The van der Waals surface area contributed by atoms with Crippen LogP contribution in [0, 0.1) is 6.92 Å². The van der Waals surface area contributed by atoms with Gasteiger partial charge in [0.05, 0.1) is 6.20 Å². The highest BCUT2D eigenvalue weighted by atomic mass is 35.5. The zero-order valence-electron chi connectivity index (χ0n) is 10.4. The SMILES string of the molecule is CNc1ncc(Cl)c(NCc2ccccc2C)n1. The Morgan fingerprint density at radius 2 is 2.06 bits per heavy atom. The number of nitrogens with zero attached hydrogens (tertiary/aromatic N) is 2. The zero-order valence-corrected chi connectivity index (χ0v) is 11.1.